The summed E-state index contributed by atoms with van der Waals surface area (Å²) >= 11 is 0. The zero-order valence-corrected chi connectivity index (χ0v) is 12.4. The van der Waals surface area contributed by atoms with E-state index in [0.29, 0.717) is 0 Å². The van der Waals surface area contributed by atoms with Crippen LogP contribution >= 0.6 is 0 Å². The van der Waals surface area contributed by atoms with E-state index in [-0.39, 0.29) is 0 Å². The molecule has 0 aliphatic heterocycles. The Kier molecular flexibility index (Phi) is 3.41. The van der Waals surface area contributed by atoms with Crippen LogP contribution in [0.2, 0.25) is 0 Å². The summed E-state index contributed by atoms with van der Waals surface area (Å²) in [6, 6.07) is 16.6. The molecule has 0 spiro atoms. The zero-order chi connectivity index (χ0) is 15.5. The van der Waals surface area contributed by atoms with Crippen LogP contribution in [0.5, 0.6) is 0 Å². The molecule has 0 fully saturated rings. The summed E-state index contributed by atoms with van der Waals surface area (Å²) in [5.41, 5.74) is 4.57. The van der Waals surface area contributed by atoms with Gasteiger partial charge in [0.05, 0.1) is 6.33 Å². The molecule has 0 aliphatic carbocycles. The molecule has 0 aliphatic rings. The van der Waals surface area contributed by atoms with Crippen LogP contribution in [-0.4, -0.2) is 14.5 Å². The Bertz CT molecular complexity index is 881. The molecule has 110 valence electrons. The molecule has 0 amide bonds. The Hall–Kier alpha value is -3.27. The molecular formula is C19H15N4+. The Morgan fingerprint density at radius 1 is 0.696 bits per heavy atom. The maximum Gasteiger partial charge on any atom is 0.210 e. The smallest absolute Gasteiger partial charge is 0.210 e. The standard InChI is InChI=1S/C19H15N4/c1-3-19(23-14-11-21-15-23)4-2-18(1)22-12-7-17(8-13-22)16-5-9-20-10-6-16/h1-15H/q+1. The van der Waals surface area contributed by atoms with Gasteiger partial charge in [-0.2, -0.15) is 4.57 Å². The molecule has 0 saturated carbocycles. The van der Waals surface area contributed by atoms with Crippen LogP contribution < -0.4 is 4.57 Å². The second-order valence-corrected chi connectivity index (χ2v) is 5.22. The second-order valence-electron chi connectivity index (χ2n) is 5.22. The Morgan fingerprint density at radius 2 is 1.39 bits per heavy atom. The van der Waals surface area contributed by atoms with Gasteiger partial charge in [-0.25, -0.2) is 4.98 Å². The van der Waals surface area contributed by atoms with E-state index in [1.54, 1.807) is 12.5 Å². The van der Waals surface area contributed by atoms with Crippen molar-refractivity contribution in [2.45, 2.75) is 0 Å². The first kappa shape index (κ1) is 13.4. The minimum atomic E-state index is 1.10. The van der Waals surface area contributed by atoms with Gasteiger partial charge >= 0.3 is 0 Å². The normalized spacial score (nSPS) is 10.6. The molecule has 23 heavy (non-hydrogen) atoms. The number of hydrogen-bond donors (Lipinski definition) is 0. The summed E-state index contributed by atoms with van der Waals surface area (Å²) in [7, 11) is 0. The molecule has 0 saturated heterocycles. The lowest BCUT2D eigenvalue weighted by molar-refractivity contribution is -0.595. The molecule has 0 unspecified atom stereocenters. The van der Waals surface area contributed by atoms with Crippen molar-refractivity contribution in [2.24, 2.45) is 0 Å². The van der Waals surface area contributed by atoms with Crippen LogP contribution in [0.1, 0.15) is 0 Å². The molecule has 3 aromatic heterocycles. The van der Waals surface area contributed by atoms with Crippen molar-refractivity contribution < 1.29 is 4.57 Å². The predicted octanol–water partition coefficient (Wildman–Crippen LogP) is 3.21. The van der Waals surface area contributed by atoms with Crippen molar-refractivity contribution in [3.05, 3.63) is 92.0 Å². The quantitative estimate of drug-likeness (QED) is 0.544. The lowest BCUT2D eigenvalue weighted by Gasteiger charge is -2.03. The third-order valence-electron chi connectivity index (χ3n) is 3.79. The monoisotopic (exact) mass is 299 g/mol. The van der Waals surface area contributed by atoms with E-state index >= 15 is 0 Å². The van der Waals surface area contributed by atoms with E-state index in [1.807, 2.05) is 35.3 Å². The van der Waals surface area contributed by atoms with Crippen molar-refractivity contribution >= 4 is 0 Å². The summed E-state index contributed by atoms with van der Waals surface area (Å²) in [4.78, 5) is 8.12. The van der Waals surface area contributed by atoms with E-state index in [4.69, 9.17) is 0 Å². The molecular weight excluding hydrogens is 284 g/mol. The van der Waals surface area contributed by atoms with Gasteiger partial charge in [0, 0.05) is 54.7 Å². The van der Waals surface area contributed by atoms with Crippen LogP contribution in [0.25, 0.3) is 22.5 Å². The number of nitrogens with zero attached hydrogens (tertiary/aromatic N) is 4. The molecule has 4 heteroatoms. The van der Waals surface area contributed by atoms with Gasteiger partial charge in [0.1, 0.15) is 0 Å². The predicted molar refractivity (Wildman–Crippen MR) is 88.3 cm³/mol. The maximum absolute atomic E-state index is 4.07. The van der Waals surface area contributed by atoms with Crippen LogP contribution in [0.3, 0.4) is 0 Å². The molecule has 3 heterocycles. The maximum atomic E-state index is 4.07. The molecule has 1 aromatic carbocycles. The van der Waals surface area contributed by atoms with Gasteiger partial charge in [-0.3, -0.25) is 4.98 Å². The van der Waals surface area contributed by atoms with Crippen molar-refractivity contribution in [3.63, 3.8) is 0 Å². The van der Waals surface area contributed by atoms with E-state index in [1.165, 1.54) is 11.1 Å². The highest BCUT2D eigenvalue weighted by Gasteiger charge is 2.07. The number of aromatic nitrogens is 4. The number of hydrogen-bond acceptors (Lipinski definition) is 2. The van der Waals surface area contributed by atoms with E-state index in [0.717, 1.165) is 11.4 Å². The van der Waals surface area contributed by atoms with Gasteiger partial charge in [0.25, 0.3) is 0 Å². The highest BCUT2D eigenvalue weighted by atomic mass is 15.0. The number of imidazole rings is 1. The minimum Gasteiger partial charge on any atom is -0.306 e. The third-order valence-corrected chi connectivity index (χ3v) is 3.79. The van der Waals surface area contributed by atoms with Crippen molar-refractivity contribution in [3.8, 4) is 22.5 Å². The van der Waals surface area contributed by atoms with E-state index in [9.17, 15) is 0 Å². The van der Waals surface area contributed by atoms with Crippen molar-refractivity contribution in [2.75, 3.05) is 0 Å². The van der Waals surface area contributed by atoms with Gasteiger partial charge in [0.15, 0.2) is 12.4 Å². The third kappa shape index (κ3) is 2.74. The first-order valence-electron chi connectivity index (χ1n) is 7.41. The average molecular weight is 299 g/mol. The second kappa shape index (κ2) is 5.85. The first-order valence-corrected chi connectivity index (χ1v) is 7.41. The fraction of sp³-hybridized carbons (Fsp3) is 0. The van der Waals surface area contributed by atoms with Crippen molar-refractivity contribution in [1.29, 1.82) is 0 Å². The number of rotatable bonds is 3. The summed E-state index contributed by atoms with van der Waals surface area (Å²) in [6.45, 7) is 0. The Labute approximate surface area is 134 Å². The first-order chi connectivity index (χ1) is 11.4. The SMILES string of the molecule is c1cc(-c2cc[n+](-c3ccc(-n4ccnc4)cc3)cc2)ccn1. The minimum absolute atomic E-state index is 1.10. The van der Waals surface area contributed by atoms with Gasteiger partial charge in [-0.1, -0.05) is 0 Å². The summed E-state index contributed by atoms with van der Waals surface area (Å²) in [5.74, 6) is 0. The zero-order valence-electron chi connectivity index (χ0n) is 12.4. The Balaban J connectivity index is 1.61. The molecule has 4 rings (SSSR count). The van der Waals surface area contributed by atoms with Gasteiger partial charge in [-0.05, 0) is 35.4 Å². The lowest BCUT2D eigenvalue weighted by atomic mass is 10.1. The van der Waals surface area contributed by atoms with E-state index < -0.39 is 0 Å². The van der Waals surface area contributed by atoms with Crippen LogP contribution in [0.15, 0.2) is 92.0 Å². The highest BCUT2D eigenvalue weighted by molar-refractivity contribution is 5.61. The largest absolute Gasteiger partial charge is 0.306 e. The summed E-state index contributed by atoms with van der Waals surface area (Å²) in [5, 5.41) is 0. The van der Waals surface area contributed by atoms with Gasteiger partial charge in [0.2, 0.25) is 5.69 Å². The molecule has 0 bridgehead atoms. The van der Waals surface area contributed by atoms with Gasteiger partial charge < -0.3 is 4.57 Å². The summed E-state index contributed by atoms with van der Waals surface area (Å²) in [6.07, 6.45) is 13.3. The fourth-order valence-electron chi connectivity index (χ4n) is 2.54. The molecule has 0 N–H and O–H groups in total. The topological polar surface area (TPSA) is 34.6 Å². The highest BCUT2D eigenvalue weighted by Crippen LogP contribution is 2.16. The van der Waals surface area contributed by atoms with Crippen molar-refractivity contribution in [1.82, 2.24) is 14.5 Å². The van der Waals surface area contributed by atoms with Crippen LogP contribution in [0, 0.1) is 0 Å². The molecule has 4 aromatic rings. The number of pyridine rings is 2. The Morgan fingerprint density at radius 3 is 2.04 bits per heavy atom. The van der Waals surface area contributed by atoms with E-state index in [2.05, 4.69) is 63.3 Å². The van der Waals surface area contributed by atoms with Crippen LogP contribution in [0.4, 0.5) is 0 Å². The molecule has 4 nitrogen and oxygen atoms in total. The molecule has 0 atom stereocenters. The summed E-state index contributed by atoms with van der Waals surface area (Å²) < 4.78 is 4.09. The average Bonchev–Trinajstić information content (AvgIpc) is 3.18. The lowest BCUT2D eigenvalue weighted by Crippen LogP contribution is -2.29. The van der Waals surface area contributed by atoms with Crippen LogP contribution in [-0.2, 0) is 0 Å². The van der Waals surface area contributed by atoms with Gasteiger partial charge in [-0.15, -0.1) is 0 Å². The number of benzene rings is 1. The molecule has 0 radical (unpaired) electrons. The fourth-order valence-corrected chi connectivity index (χ4v) is 2.54.